The lowest BCUT2D eigenvalue weighted by molar-refractivity contribution is 0.152. The summed E-state index contributed by atoms with van der Waals surface area (Å²) in [6.07, 6.45) is 1.53. The number of aliphatic hydroxyl groups is 1. The van der Waals surface area contributed by atoms with Crippen LogP contribution in [-0.2, 0) is 6.42 Å². The number of para-hydroxylation sites is 1. The summed E-state index contributed by atoms with van der Waals surface area (Å²) in [5.41, 5.74) is 2.49. The second-order valence-corrected chi connectivity index (χ2v) is 6.33. The summed E-state index contributed by atoms with van der Waals surface area (Å²) in [7, 11) is 0. The van der Waals surface area contributed by atoms with Crippen LogP contribution in [0.2, 0.25) is 0 Å². The molecule has 2 nitrogen and oxygen atoms in total. The highest BCUT2D eigenvalue weighted by Gasteiger charge is 2.27. The molecule has 2 atom stereocenters. The van der Waals surface area contributed by atoms with Crippen LogP contribution in [0.25, 0.3) is 0 Å². The maximum absolute atomic E-state index is 10.5. The van der Waals surface area contributed by atoms with Crippen molar-refractivity contribution < 1.29 is 5.11 Å². The first-order chi connectivity index (χ1) is 8.75. The van der Waals surface area contributed by atoms with Crippen LogP contribution in [0.5, 0.6) is 0 Å². The SMILES string of the molecule is OC(c1sccc1Br)C1CCc2ccccc2N1. The molecule has 0 aliphatic carbocycles. The van der Waals surface area contributed by atoms with Gasteiger partial charge in [-0.25, -0.2) is 0 Å². The summed E-state index contributed by atoms with van der Waals surface area (Å²) in [5.74, 6) is 0. The molecule has 1 aliphatic rings. The van der Waals surface area contributed by atoms with Crippen molar-refractivity contribution in [3.63, 3.8) is 0 Å². The molecule has 18 heavy (non-hydrogen) atoms. The first-order valence-corrected chi connectivity index (χ1v) is 7.68. The number of aryl methyl sites for hydroxylation is 1. The molecule has 4 heteroatoms. The number of nitrogens with one attached hydrogen (secondary N) is 1. The van der Waals surface area contributed by atoms with Crippen molar-refractivity contribution in [3.05, 3.63) is 50.6 Å². The molecular weight excluding hydrogens is 310 g/mol. The first-order valence-electron chi connectivity index (χ1n) is 6.01. The quantitative estimate of drug-likeness (QED) is 0.876. The number of fused-ring (bicyclic) bond motifs is 1. The van der Waals surface area contributed by atoms with E-state index in [2.05, 4.69) is 39.4 Å². The van der Waals surface area contributed by atoms with Crippen molar-refractivity contribution in [2.45, 2.75) is 25.0 Å². The topological polar surface area (TPSA) is 32.3 Å². The third kappa shape index (κ3) is 2.20. The Kier molecular flexibility index (Phi) is 3.41. The number of anilines is 1. The van der Waals surface area contributed by atoms with E-state index >= 15 is 0 Å². The molecule has 0 radical (unpaired) electrons. The van der Waals surface area contributed by atoms with Crippen LogP contribution < -0.4 is 5.32 Å². The van der Waals surface area contributed by atoms with Crippen molar-refractivity contribution in [2.75, 3.05) is 5.32 Å². The summed E-state index contributed by atoms with van der Waals surface area (Å²) >= 11 is 5.08. The Balaban J connectivity index is 1.82. The van der Waals surface area contributed by atoms with E-state index < -0.39 is 6.10 Å². The highest BCUT2D eigenvalue weighted by molar-refractivity contribution is 9.10. The maximum atomic E-state index is 10.5. The van der Waals surface area contributed by atoms with Gasteiger partial charge in [0.05, 0.1) is 6.04 Å². The summed E-state index contributed by atoms with van der Waals surface area (Å²) in [6, 6.07) is 10.4. The standard InChI is InChI=1S/C14H14BrNOS/c15-10-7-8-18-14(10)13(17)12-6-5-9-3-1-2-4-11(9)16-12/h1-4,7-8,12-13,16-17H,5-6H2. The number of hydrogen-bond acceptors (Lipinski definition) is 3. The molecule has 2 N–H and O–H groups in total. The fourth-order valence-electron chi connectivity index (χ4n) is 2.40. The molecule has 1 aromatic heterocycles. The minimum Gasteiger partial charge on any atom is -0.385 e. The third-order valence-electron chi connectivity index (χ3n) is 3.38. The van der Waals surface area contributed by atoms with Crippen molar-refractivity contribution in [1.29, 1.82) is 0 Å². The van der Waals surface area contributed by atoms with Gasteiger partial charge >= 0.3 is 0 Å². The van der Waals surface area contributed by atoms with E-state index in [0.717, 1.165) is 27.9 Å². The van der Waals surface area contributed by atoms with Gasteiger partial charge in [-0.3, -0.25) is 0 Å². The van der Waals surface area contributed by atoms with E-state index in [9.17, 15) is 5.11 Å². The molecule has 3 rings (SSSR count). The van der Waals surface area contributed by atoms with Crippen LogP contribution >= 0.6 is 27.3 Å². The number of aliphatic hydroxyl groups excluding tert-OH is 1. The van der Waals surface area contributed by atoms with E-state index in [1.54, 1.807) is 11.3 Å². The number of hydrogen-bond donors (Lipinski definition) is 2. The lowest BCUT2D eigenvalue weighted by Crippen LogP contribution is -2.31. The number of thiophene rings is 1. The molecule has 0 saturated heterocycles. The van der Waals surface area contributed by atoms with Gasteiger partial charge in [-0.15, -0.1) is 11.3 Å². The average molecular weight is 324 g/mol. The van der Waals surface area contributed by atoms with Gasteiger partial charge in [0, 0.05) is 15.0 Å². The van der Waals surface area contributed by atoms with Gasteiger partial charge in [-0.2, -0.15) is 0 Å². The second kappa shape index (κ2) is 5.03. The molecule has 0 saturated carbocycles. The van der Waals surface area contributed by atoms with Crippen LogP contribution in [0.1, 0.15) is 23.0 Å². The predicted octanol–water partition coefficient (Wildman–Crippen LogP) is 3.97. The predicted molar refractivity (Wildman–Crippen MR) is 79.2 cm³/mol. The van der Waals surface area contributed by atoms with E-state index in [1.807, 2.05) is 17.5 Å². The average Bonchev–Trinajstić information content (AvgIpc) is 2.83. The van der Waals surface area contributed by atoms with E-state index in [4.69, 9.17) is 0 Å². The minimum atomic E-state index is -0.451. The lowest BCUT2D eigenvalue weighted by atomic mass is 9.94. The van der Waals surface area contributed by atoms with Gasteiger partial charge < -0.3 is 10.4 Å². The van der Waals surface area contributed by atoms with Crippen molar-refractivity contribution in [3.8, 4) is 0 Å². The Morgan fingerprint density at radius 3 is 2.94 bits per heavy atom. The van der Waals surface area contributed by atoms with Crippen LogP contribution in [0.4, 0.5) is 5.69 Å². The van der Waals surface area contributed by atoms with Crippen molar-refractivity contribution >= 4 is 33.0 Å². The maximum Gasteiger partial charge on any atom is 0.109 e. The molecule has 0 amide bonds. The highest BCUT2D eigenvalue weighted by atomic mass is 79.9. The molecule has 0 fully saturated rings. The highest BCUT2D eigenvalue weighted by Crippen LogP contribution is 2.35. The Hall–Kier alpha value is -0.840. The van der Waals surface area contributed by atoms with Gasteiger partial charge in [0.2, 0.25) is 0 Å². The molecular formula is C14H14BrNOS. The van der Waals surface area contributed by atoms with E-state index in [0.29, 0.717) is 0 Å². The third-order valence-corrected chi connectivity index (χ3v) is 5.32. The summed E-state index contributed by atoms with van der Waals surface area (Å²) in [6.45, 7) is 0. The second-order valence-electron chi connectivity index (χ2n) is 4.52. The summed E-state index contributed by atoms with van der Waals surface area (Å²) < 4.78 is 1.00. The molecule has 0 bridgehead atoms. The van der Waals surface area contributed by atoms with Crippen molar-refractivity contribution in [2.24, 2.45) is 0 Å². The van der Waals surface area contributed by atoms with Crippen LogP contribution in [0.15, 0.2) is 40.2 Å². The number of rotatable bonds is 2. The molecule has 2 aromatic rings. The Morgan fingerprint density at radius 1 is 1.33 bits per heavy atom. The van der Waals surface area contributed by atoms with E-state index in [-0.39, 0.29) is 6.04 Å². The van der Waals surface area contributed by atoms with Gasteiger partial charge in [0.1, 0.15) is 6.10 Å². The Bertz CT molecular complexity index is 554. The summed E-state index contributed by atoms with van der Waals surface area (Å²) in [4.78, 5) is 1.01. The minimum absolute atomic E-state index is 0.0925. The fraction of sp³-hybridized carbons (Fsp3) is 0.286. The molecule has 2 heterocycles. The smallest absolute Gasteiger partial charge is 0.109 e. The molecule has 1 aromatic carbocycles. The summed E-state index contributed by atoms with van der Waals surface area (Å²) in [5, 5.41) is 15.9. The first kappa shape index (κ1) is 12.2. The Labute approximate surface area is 119 Å². The number of halogens is 1. The van der Waals surface area contributed by atoms with Crippen molar-refractivity contribution in [1.82, 2.24) is 0 Å². The zero-order valence-corrected chi connectivity index (χ0v) is 12.2. The zero-order chi connectivity index (χ0) is 12.5. The molecule has 2 unspecified atom stereocenters. The van der Waals surface area contributed by atoms with Crippen LogP contribution in [0, 0.1) is 0 Å². The number of benzene rings is 1. The normalized spacial score (nSPS) is 20.0. The fourth-order valence-corrected chi connectivity index (χ4v) is 4.06. The van der Waals surface area contributed by atoms with Gasteiger partial charge in [0.15, 0.2) is 0 Å². The molecule has 0 spiro atoms. The Morgan fingerprint density at radius 2 is 2.17 bits per heavy atom. The zero-order valence-electron chi connectivity index (χ0n) is 9.77. The molecule has 94 valence electrons. The molecule has 1 aliphatic heterocycles. The van der Waals surface area contributed by atoms with Crippen LogP contribution in [0.3, 0.4) is 0 Å². The van der Waals surface area contributed by atoms with Gasteiger partial charge in [-0.1, -0.05) is 18.2 Å². The van der Waals surface area contributed by atoms with Crippen LogP contribution in [-0.4, -0.2) is 11.1 Å². The van der Waals surface area contributed by atoms with Gasteiger partial charge in [0.25, 0.3) is 0 Å². The van der Waals surface area contributed by atoms with Gasteiger partial charge in [-0.05, 0) is 51.8 Å². The lowest BCUT2D eigenvalue weighted by Gasteiger charge is -2.30. The monoisotopic (exact) mass is 323 g/mol. The largest absolute Gasteiger partial charge is 0.385 e. The van der Waals surface area contributed by atoms with E-state index in [1.165, 1.54) is 5.56 Å².